The largest absolute Gasteiger partial charge is 0.371 e. The lowest BCUT2D eigenvalue weighted by Crippen LogP contribution is -2.58. The molecule has 0 aromatic heterocycles. The van der Waals surface area contributed by atoms with Crippen LogP contribution in [-0.4, -0.2) is 55.0 Å². The number of hydrogen-bond donors (Lipinski definition) is 1. The summed E-state index contributed by atoms with van der Waals surface area (Å²) in [5.74, 6) is -0.248. The molecule has 0 radical (unpaired) electrons. The number of carbonyl (C=O) groups excluding carboxylic acids is 1. The third-order valence-electron chi connectivity index (χ3n) is 5.29. The zero-order valence-electron chi connectivity index (χ0n) is 16.1. The van der Waals surface area contributed by atoms with Gasteiger partial charge in [-0.25, -0.2) is 4.39 Å². The zero-order valence-corrected chi connectivity index (χ0v) is 16.1. The Morgan fingerprint density at radius 3 is 2.44 bits per heavy atom. The Morgan fingerprint density at radius 1 is 1.11 bits per heavy atom. The second-order valence-corrected chi connectivity index (χ2v) is 7.49. The van der Waals surface area contributed by atoms with Crippen LogP contribution in [0, 0.1) is 5.82 Å². The number of nitrogens with one attached hydrogen (secondary N) is 1. The van der Waals surface area contributed by atoms with Gasteiger partial charge in [0, 0.05) is 39.4 Å². The first-order valence-electron chi connectivity index (χ1n) is 9.50. The van der Waals surface area contributed by atoms with E-state index in [1.807, 2.05) is 12.1 Å². The fourth-order valence-corrected chi connectivity index (χ4v) is 3.75. The molecule has 1 fully saturated rings. The predicted octanol–water partition coefficient (Wildman–Crippen LogP) is 3.40. The first-order chi connectivity index (χ1) is 13.0. The summed E-state index contributed by atoms with van der Waals surface area (Å²) in [5, 5.41) is 3.35. The van der Waals surface area contributed by atoms with Crippen LogP contribution < -0.4 is 5.32 Å². The molecule has 0 aliphatic carbocycles. The Balaban J connectivity index is 1.66. The molecule has 1 amide bonds. The van der Waals surface area contributed by atoms with Crippen LogP contribution in [0.1, 0.15) is 18.4 Å². The van der Waals surface area contributed by atoms with Crippen LogP contribution in [0.3, 0.4) is 0 Å². The van der Waals surface area contributed by atoms with Crippen LogP contribution in [0.25, 0.3) is 0 Å². The number of piperidine rings is 1. The van der Waals surface area contributed by atoms with Gasteiger partial charge in [0.1, 0.15) is 11.4 Å². The highest BCUT2D eigenvalue weighted by molar-refractivity contribution is 5.89. The Morgan fingerprint density at radius 2 is 1.81 bits per heavy atom. The highest BCUT2D eigenvalue weighted by atomic mass is 19.1. The van der Waals surface area contributed by atoms with E-state index in [2.05, 4.69) is 34.5 Å². The number of halogens is 1. The number of rotatable bonds is 6. The molecule has 1 heterocycles. The summed E-state index contributed by atoms with van der Waals surface area (Å²) in [6, 6.07) is 16.8. The third kappa shape index (κ3) is 4.86. The molecule has 4 nitrogen and oxygen atoms in total. The first kappa shape index (κ1) is 19.4. The lowest BCUT2D eigenvalue weighted by Gasteiger charge is -2.43. The Bertz CT molecular complexity index is 755. The van der Waals surface area contributed by atoms with Gasteiger partial charge in [0.15, 0.2) is 0 Å². The standard InChI is InChI=1S/C22H28FN3O/c1-25(2)21(27)22(24-20-10-6-9-19(23)17-20)12-15-26(16-13-22)14-11-18-7-4-3-5-8-18/h3-10,17,24H,11-16H2,1-2H3. The summed E-state index contributed by atoms with van der Waals surface area (Å²) in [6.07, 6.45) is 2.41. The molecule has 144 valence electrons. The van der Waals surface area contributed by atoms with E-state index in [1.165, 1.54) is 17.7 Å². The van der Waals surface area contributed by atoms with E-state index in [9.17, 15) is 9.18 Å². The van der Waals surface area contributed by atoms with Crippen molar-refractivity contribution in [2.45, 2.75) is 24.8 Å². The molecule has 0 unspecified atom stereocenters. The number of nitrogens with zero attached hydrogens (tertiary/aromatic N) is 2. The van der Waals surface area contributed by atoms with E-state index in [0.717, 1.165) is 26.1 Å². The Hall–Kier alpha value is -2.40. The van der Waals surface area contributed by atoms with Crippen molar-refractivity contribution >= 4 is 11.6 Å². The van der Waals surface area contributed by atoms with Gasteiger partial charge in [-0.2, -0.15) is 0 Å². The summed E-state index contributed by atoms with van der Waals surface area (Å²) >= 11 is 0. The van der Waals surface area contributed by atoms with Gasteiger partial charge in [-0.05, 0) is 43.0 Å². The van der Waals surface area contributed by atoms with Crippen molar-refractivity contribution in [1.29, 1.82) is 0 Å². The maximum atomic E-state index is 13.6. The van der Waals surface area contributed by atoms with Crippen LogP contribution in [0.2, 0.25) is 0 Å². The van der Waals surface area contributed by atoms with Crippen molar-refractivity contribution in [3.63, 3.8) is 0 Å². The Labute approximate surface area is 161 Å². The van der Waals surface area contributed by atoms with Gasteiger partial charge in [0.2, 0.25) is 5.91 Å². The van der Waals surface area contributed by atoms with Gasteiger partial charge in [-0.1, -0.05) is 36.4 Å². The Kier molecular flexibility index (Phi) is 6.11. The molecule has 2 aromatic rings. The molecular formula is C22H28FN3O. The van der Waals surface area contributed by atoms with Crippen molar-refractivity contribution in [1.82, 2.24) is 9.80 Å². The van der Waals surface area contributed by atoms with E-state index in [0.29, 0.717) is 18.5 Å². The van der Waals surface area contributed by atoms with Crippen LogP contribution in [0.5, 0.6) is 0 Å². The number of hydrogen-bond acceptors (Lipinski definition) is 3. The number of benzene rings is 2. The maximum Gasteiger partial charge on any atom is 0.247 e. The third-order valence-corrected chi connectivity index (χ3v) is 5.29. The lowest BCUT2D eigenvalue weighted by molar-refractivity contribution is -0.135. The van der Waals surface area contributed by atoms with Gasteiger partial charge in [-0.15, -0.1) is 0 Å². The summed E-state index contributed by atoms with van der Waals surface area (Å²) in [4.78, 5) is 17.0. The molecule has 1 aliphatic heterocycles. The normalized spacial score (nSPS) is 16.7. The fourth-order valence-electron chi connectivity index (χ4n) is 3.75. The van der Waals surface area contributed by atoms with E-state index < -0.39 is 5.54 Å². The summed E-state index contributed by atoms with van der Waals surface area (Å²) in [6.45, 7) is 2.67. The van der Waals surface area contributed by atoms with Crippen LogP contribution in [0.15, 0.2) is 54.6 Å². The molecule has 0 saturated carbocycles. The molecule has 5 heteroatoms. The number of carbonyl (C=O) groups is 1. The quantitative estimate of drug-likeness (QED) is 0.848. The van der Waals surface area contributed by atoms with E-state index in [-0.39, 0.29) is 11.7 Å². The lowest BCUT2D eigenvalue weighted by atomic mass is 9.85. The number of anilines is 1. The highest BCUT2D eigenvalue weighted by Gasteiger charge is 2.42. The molecule has 1 N–H and O–H groups in total. The summed E-state index contributed by atoms with van der Waals surface area (Å²) in [7, 11) is 3.55. The molecule has 1 saturated heterocycles. The monoisotopic (exact) mass is 369 g/mol. The molecule has 1 aliphatic rings. The summed E-state index contributed by atoms with van der Waals surface area (Å²) in [5.41, 5.74) is 1.31. The van der Waals surface area contributed by atoms with Gasteiger partial charge in [-0.3, -0.25) is 4.79 Å². The van der Waals surface area contributed by atoms with Crippen LogP contribution in [-0.2, 0) is 11.2 Å². The predicted molar refractivity (Wildman–Crippen MR) is 107 cm³/mol. The van der Waals surface area contributed by atoms with Crippen molar-refractivity contribution in [3.05, 3.63) is 66.0 Å². The second kappa shape index (κ2) is 8.53. The fraction of sp³-hybridized carbons (Fsp3) is 0.409. The average Bonchev–Trinajstić information content (AvgIpc) is 2.67. The molecule has 0 bridgehead atoms. The molecule has 27 heavy (non-hydrogen) atoms. The molecule has 2 aromatic carbocycles. The van der Waals surface area contributed by atoms with Gasteiger partial charge in [0.25, 0.3) is 0 Å². The minimum Gasteiger partial charge on any atom is -0.371 e. The zero-order chi connectivity index (χ0) is 19.3. The maximum absolute atomic E-state index is 13.6. The van der Waals surface area contributed by atoms with Crippen LogP contribution in [0.4, 0.5) is 10.1 Å². The molecule has 0 spiro atoms. The van der Waals surface area contributed by atoms with E-state index in [1.54, 1.807) is 25.1 Å². The van der Waals surface area contributed by atoms with Crippen molar-refractivity contribution in [3.8, 4) is 0 Å². The molecule has 3 rings (SSSR count). The highest BCUT2D eigenvalue weighted by Crippen LogP contribution is 2.29. The van der Waals surface area contributed by atoms with Gasteiger partial charge < -0.3 is 15.1 Å². The minimum atomic E-state index is -0.680. The van der Waals surface area contributed by atoms with Crippen molar-refractivity contribution in [2.24, 2.45) is 0 Å². The SMILES string of the molecule is CN(C)C(=O)C1(Nc2cccc(F)c2)CCN(CCc2ccccc2)CC1. The van der Waals surface area contributed by atoms with E-state index >= 15 is 0 Å². The van der Waals surface area contributed by atoms with Gasteiger partial charge >= 0.3 is 0 Å². The number of likely N-dealkylation sites (N-methyl/N-ethyl adjacent to an activating group) is 1. The van der Waals surface area contributed by atoms with Crippen LogP contribution >= 0.6 is 0 Å². The number of likely N-dealkylation sites (tertiary alicyclic amines) is 1. The second-order valence-electron chi connectivity index (χ2n) is 7.49. The summed E-state index contributed by atoms with van der Waals surface area (Å²) < 4.78 is 13.6. The molecule has 0 atom stereocenters. The molecular weight excluding hydrogens is 341 g/mol. The average molecular weight is 369 g/mol. The van der Waals surface area contributed by atoms with Crippen molar-refractivity contribution in [2.75, 3.05) is 39.0 Å². The van der Waals surface area contributed by atoms with E-state index in [4.69, 9.17) is 0 Å². The topological polar surface area (TPSA) is 35.6 Å². The smallest absolute Gasteiger partial charge is 0.247 e. The van der Waals surface area contributed by atoms with Crippen molar-refractivity contribution < 1.29 is 9.18 Å². The number of amides is 1. The van der Waals surface area contributed by atoms with Gasteiger partial charge in [0.05, 0.1) is 0 Å². The minimum absolute atomic E-state index is 0.0504. The first-order valence-corrected chi connectivity index (χ1v) is 9.50.